The maximum Gasteiger partial charge on any atom is 0.238 e. The van der Waals surface area contributed by atoms with Crippen LogP contribution >= 0.6 is 0 Å². The number of nitrogens with zero attached hydrogens (tertiary/aromatic N) is 1. The third-order valence-electron chi connectivity index (χ3n) is 4.09. The van der Waals surface area contributed by atoms with Crippen LogP contribution in [0, 0.1) is 5.92 Å². The summed E-state index contributed by atoms with van der Waals surface area (Å²) in [4.78, 5) is 26.2. The van der Waals surface area contributed by atoms with E-state index in [1.807, 2.05) is 0 Å². The first kappa shape index (κ1) is 12.6. The molecule has 0 aromatic heterocycles. The summed E-state index contributed by atoms with van der Waals surface area (Å²) in [5, 5.41) is 2.90. The van der Waals surface area contributed by atoms with Crippen LogP contribution in [0.3, 0.4) is 0 Å². The molecule has 2 heterocycles. The molecule has 2 unspecified atom stereocenters. The molecule has 0 spiro atoms. The molecule has 2 aliphatic rings. The topological polar surface area (TPSA) is 49.4 Å². The van der Waals surface area contributed by atoms with Gasteiger partial charge in [-0.3, -0.25) is 14.5 Å². The number of hydrogen-bond donors (Lipinski definition) is 1. The van der Waals surface area contributed by atoms with Gasteiger partial charge in [0.15, 0.2) is 5.78 Å². The van der Waals surface area contributed by atoms with Crippen LogP contribution in [-0.2, 0) is 9.59 Å². The Bertz CT molecular complexity index is 317. The Hall–Kier alpha value is -0.900. The van der Waals surface area contributed by atoms with Gasteiger partial charge in [0, 0.05) is 13.0 Å². The summed E-state index contributed by atoms with van der Waals surface area (Å²) in [7, 11) is 0. The van der Waals surface area contributed by atoms with Crippen LogP contribution in [-0.4, -0.2) is 41.8 Å². The highest BCUT2D eigenvalue weighted by molar-refractivity contribution is 5.92. The van der Waals surface area contributed by atoms with Crippen LogP contribution in [0.15, 0.2) is 0 Å². The van der Waals surface area contributed by atoms with E-state index in [1.54, 1.807) is 0 Å². The van der Waals surface area contributed by atoms with Crippen LogP contribution in [0.4, 0.5) is 0 Å². The van der Waals surface area contributed by atoms with Gasteiger partial charge in [-0.1, -0.05) is 20.3 Å². The molecule has 96 valence electrons. The molecule has 2 rings (SSSR count). The number of amides is 1. The summed E-state index contributed by atoms with van der Waals surface area (Å²) in [6, 6.07) is -0.301. The van der Waals surface area contributed by atoms with E-state index in [2.05, 4.69) is 24.1 Å². The number of rotatable bonds is 2. The normalized spacial score (nSPS) is 35.8. The fourth-order valence-corrected chi connectivity index (χ4v) is 2.86. The van der Waals surface area contributed by atoms with Crippen molar-refractivity contribution in [3.05, 3.63) is 0 Å². The zero-order valence-electron chi connectivity index (χ0n) is 10.7. The van der Waals surface area contributed by atoms with E-state index in [-0.39, 0.29) is 23.8 Å². The van der Waals surface area contributed by atoms with Crippen molar-refractivity contribution in [2.24, 2.45) is 5.92 Å². The summed E-state index contributed by atoms with van der Waals surface area (Å²) in [6.45, 7) is 5.89. The monoisotopic (exact) mass is 238 g/mol. The first-order valence-electron chi connectivity index (χ1n) is 6.70. The number of Topliss-reactive ketones (excluding diaryl/α,β-unsaturated/α-hetero) is 1. The number of nitrogens with one attached hydrogen (secondary N) is 1. The van der Waals surface area contributed by atoms with Crippen molar-refractivity contribution in [1.82, 2.24) is 10.2 Å². The fraction of sp³-hybridized carbons (Fsp3) is 0.846. The van der Waals surface area contributed by atoms with Crippen molar-refractivity contribution < 1.29 is 9.59 Å². The van der Waals surface area contributed by atoms with Gasteiger partial charge in [-0.2, -0.15) is 0 Å². The van der Waals surface area contributed by atoms with Crippen molar-refractivity contribution >= 4 is 11.7 Å². The Morgan fingerprint density at radius 3 is 2.88 bits per heavy atom. The third kappa shape index (κ3) is 2.51. The van der Waals surface area contributed by atoms with Crippen LogP contribution in [0.1, 0.15) is 39.5 Å². The quantitative estimate of drug-likeness (QED) is 0.779. The lowest BCUT2D eigenvalue weighted by Crippen LogP contribution is -2.64. The van der Waals surface area contributed by atoms with Crippen LogP contribution in [0.2, 0.25) is 0 Å². The molecule has 0 aliphatic carbocycles. The minimum absolute atomic E-state index is 0.0397. The summed E-state index contributed by atoms with van der Waals surface area (Å²) >= 11 is 0. The van der Waals surface area contributed by atoms with Gasteiger partial charge in [0.1, 0.15) is 6.04 Å². The lowest BCUT2D eigenvalue weighted by molar-refractivity contribution is -0.139. The molecule has 4 nitrogen and oxygen atoms in total. The standard InChI is InChI=1S/C13H22N2O2/c1-3-9(2)12-13(17)14-10-8-15(12)7-5-4-6-11(10)16/h9-10,12H,3-8H2,1-2H3,(H,14,17)/t9?,10-,12+/m1/s1. The zero-order valence-corrected chi connectivity index (χ0v) is 10.7. The maximum atomic E-state index is 12.1. The fourth-order valence-electron chi connectivity index (χ4n) is 2.86. The van der Waals surface area contributed by atoms with Gasteiger partial charge in [0.2, 0.25) is 5.91 Å². The minimum Gasteiger partial charge on any atom is -0.344 e. The highest BCUT2D eigenvalue weighted by Crippen LogP contribution is 2.22. The maximum absolute atomic E-state index is 12.1. The molecule has 2 fully saturated rings. The second-order valence-electron chi connectivity index (χ2n) is 5.31. The minimum atomic E-state index is -0.261. The Labute approximate surface area is 103 Å². The van der Waals surface area contributed by atoms with Gasteiger partial charge in [0.25, 0.3) is 0 Å². The van der Waals surface area contributed by atoms with E-state index in [0.717, 1.165) is 25.8 Å². The second-order valence-corrected chi connectivity index (χ2v) is 5.31. The molecule has 2 bridgehead atoms. The molecule has 17 heavy (non-hydrogen) atoms. The number of fused-ring (bicyclic) bond motifs is 2. The summed E-state index contributed by atoms with van der Waals surface area (Å²) in [5.41, 5.74) is 0. The van der Waals surface area contributed by atoms with E-state index < -0.39 is 0 Å². The van der Waals surface area contributed by atoms with E-state index in [0.29, 0.717) is 18.9 Å². The number of ketones is 1. The molecule has 0 radical (unpaired) electrons. The first-order chi connectivity index (χ1) is 8.13. The van der Waals surface area contributed by atoms with Crippen molar-refractivity contribution in [2.75, 3.05) is 13.1 Å². The predicted octanol–water partition coefficient (Wildman–Crippen LogP) is 0.954. The smallest absolute Gasteiger partial charge is 0.238 e. The molecular formula is C13H22N2O2. The average molecular weight is 238 g/mol. The highest BCUT2D eigenvalue weighted by atomic mass is 16.2. The second kappa shape index (κ2) is 5.17. The zero-order chi connectivity index (χ0) is 12.4. The largest absolute Gasteiger partial charge is 0.344 e. The SMILES string of the molecule is CCC(C)[C@H]1C(=O)N[C@@H]2CN1CCCCC2=O. The van der Waals surface area contributed by atoms with Crippen molar-refractivity contribution in [3.63, 3.8) is 0 Å². The molecule has 0 aromatic rings. The lowest BCUT2D eigenvalue weighted by atomic mass is 9.90. The van der Waals surface area contributed by atoms with E-state index >= 15 is 0 Å². The lowest BCUT2D eigenvalue weighted by Gasteiger charge is -2.42. The molecule has 1 N–H and O–H groups in total. The number of carbonyl (C=O) groups excluding carboxylic acids is 2. The van der Waals surface area contributed by atoms with Crippen LogP contribution < -0.4 is 5.32 Å². The first-order valence-corrected chi connectivity index (χ1v) is 6.70. The summed E-state index contributed by atoms with van der Waals surface area (Å²) in [6.07, 6.45) is 3.59. The van der Waals surface area contributed by atoms with Gasteiger partial charge >= 0.3 is 0 Å². The molecule has 2 aliphatic heterocycles. The van der Waals surface area contributed by atoms with E-state index in [4.69, 9.17) is 0 Å². The van der Waals surface area contributed by atoms with E-state index in [9.17, 15) is 9.59 Å². The highest BCUT2D eigenvalue weighted by Gasteiger charge is 2.39. The van der Waals surface area contributed by atoms with Gasteiger partial charge < -0.3 is 5.32 Å². The van der Waals surface area contributed by atoms with Gasteiger partial charge in [-0.15, -0.1) is 0 Å². The molecule has 1 amide bonds. The molecule has 0 aromatic carbocycles. The number of piperazine rings is 1. The average Bonchev–Trinajstić information content (AvgIpc) is 2.31. The molecule has 4 heteroatoms. The summed E-state index contributed by atoms with van der Waals surface area (Å²) < 4.78 is 0. The van der Waals surface area contributed by atoms with E-state index in [1.165, 1.54) is 0 Å². The van der Waals surface area contributed by atoms with Crippen molar-refractivity contribution in [2.45, 2.75) is 51.6 Å². The number of hydrogen-bond acceptors (Lipinski definition) is 3. The summed E-state index contributed by atoms with van der Waals surface area (Å²) in [5.74, 6) is 0.599. The molecule has 0 saturated carbocycles. The van der Waals surface area contributed by atoms with Gasteiger partial charge in [-0.25, -0.2) is 0 Å². The van der Waals surface area contributed by atoms with Crippen molar-refractivity contribution in [1.29, 1.82) is 0 Å². The predicted molar refractivity (Wildman–Crippen MR) is 65.6 cm³/mol. The Kier molecular flexibility index (Phi) is 3.82. The Balaban J connectivity index is 2.16. The van der Waals surface area contributed by atoms with Crippen LogP contribution in [0.25, 0.3) is 0 Å². The Morgan fingerprint density at radius 1 is 1.41 bits per heavy atom. The molecular weight excluding hydrogens is 216 g/mol. The van der Waals surface area contributed by atoms with Gasteiger partial charge in [0.05, 0.1) is 6.04 Å². The van der Waals surface area contributed by atoms with Gasteiger partial charge in [-0.05, 0) is 25.3 Å². The Morgan fingerprint density at radius 2 is 2.18 bits per heavy atom. The van der Waals surface area contributed by atoms with Crippen LogP contribution in [0.5, 0.6) is 0 Å². The van der Waals surface area contributed by atoms with Crippen molar-refractivity contribution in [3.8, 4) is 0 Å². The number of carbonyl (C=O) groups is 2. The molecule has 4 atom stereocenters. The molecule has 2 saturated heterocycles. The third-order valence-corrected chi connectivity index (χ3v) is 4.09.